The fourth-order valence-corrected chi connectivity index (χ4v) is 4.97. The number of benzene rings is 1. The highest BCUT2D eigenvalue weighted by molar-refractivity contribution is 7.89. The number of aryl methyl sites for hydroxylation is 1. The Kier molecular flexibility index (Phi) is 6.38. The van der Waals surface area contributed by atoms with Gasteiger partial charge >= 0.3 is 0 Å². The molecule has 1 aromatic carbocycles. The van der Waals surface area contributed by atoms with E-state index >= 15 is 0 Å². The lowest BCUT2D eigenvalue weighted by molar-refractivity contribution is 0.192. The average Bonchev–Trinajstić information content (AvgIpc) is 2.46. The number of nitriles is 1. The second-order valence-electron chi connectivity index (χ2n) is 5.63. The first-order valence-corrected chi connectivity index (χ1v) is 8.58. The van der Waals surface area contributed by atoms with Crippen LogP contribution in [0.25, 0.3) is 0 Å². The van der Waals surface area contributed by atoms with Crippen molar-refractivity contribution in [3.05, 3.63) is 29.3 Å². The summed E-state index contributed by atoms with van der Waals surface area (Å²) >= 11 is 0. The van der Waals surface area contributed by atoms with Gasteiger partial charge in [0.25, 0.3) is 0 Å². The number of halogens is 1. The van der Waals surface area contributed by atoms with Crippen LogP contribution in [0, 0.1) is 24.2 Å². The monoisotopic (exact) mass is 343 g/mol. The summed E-state index contributed by atoms with van der Waals surface area (Å²) < 4.78 is 27.4. The van der Waals surface area contributed by atoms with Gasteiger partial charge in [0.1, 0.15) is 0 Å². The Balaban J connectivity index is 0.00000242. The van der Waals surface area contributed by atoms with Crippen LogP contribution in [0.2, 0.25) is 0 Å². The van der Waals surface area contributed by atoms with Gasteiger partial charge in [-0.3, -0.25) is 0 Å². The van der Waals surface area contributed by atoms with Crippen LogP contribution in [0.3, 0.4) is 0 Å². The number of piperidine rings is 1. The number of hydrogen-bond donors (Lipinski definition) is 1. The molecule has 1 heterocycles. The minimum Gasteiger partial charge on any atom is -0.329 e. The lowest BCUT2D eigenvalue weighted by Crippen LogP contribution is -2.51. The fourth-order valence-electron chi connectivity index (χ4n) is 2.99. The van der Waals surface area contributed by atoms with E-state index in [0.29, 0.717) is 24.2 Å². The summed E-state index contributed by atoms with van der Waals surface area (Å²) in [5.74, 6) is 0.261. The van der Waals surface area contributed by atoms with E-state index in [1.165, 1.54) is 10.4 Å². The van der Waals surface area contributed by atoms with Crippen LogP contribution in [0.4, 0.5) is 0 Å². The fraction of sp³-hybridized carbons (Fsp3) is 0.533. The lowest BCUT2D eigenvalue weighted by Gasteiger charge is -2.38. The van der Waals surface area contributed by atoms with Crippen LogP contribution in [0.1, 0.15) is 30.9 Å². The quantitative estimate of drug-likeness (QED) is 0.909. The maximum absolute atomic E-state index is 12.9. The van der Waals surface area contributed by atoms with Crippen molar-refractivity contribution in [3.8, 4) is 6.07 Å². The minimum absolute atomic E-state index is 0. The van der Waals surface area contributed by atoms with E-state index in [0.717, 1.165) is 12.8 Å². The Hall–Kier alpha value is -1.13. The third-order valence-corrected chi connectivity index (χ3v) is 6.28. The summed E-state index contributed by atoms with van der Waals surface area (Å²) in [6, 6.07) is 6.55. The van der Waals surface area contributed by atoms with Gasteiger partial charge in [-0.05, 0) is 49.4 Å². The topological polar surface area (TPSA) is 87.2 Å². The molecule has 2 atom stereocenters. The highest BCUT2D eigenvalue weighted by Gasteiger charge is 2.36. The van der Waals surface area contributed by atoms with Gasteiger partial charge in [-0.15, -0.1) is 12.4 Å². The summed E-state index contributed by atoms with van der Waals surface area (Å²) in [5, 5.41) is 8.89. The van der Waals surface area contributed by atoms with E-state index in [4.69, 9.17) is 11.0 Å². The molecule has 0 saturated carbocycles. The van der Waals surface area contributed by atoms with Gasteiger partial charge < -0.3 is 5.73 Å². The summed E-state index contributed by atoms with van der Waals surface area (Å²) in [6.45, 7) is 4.60. The van der Waals surface area contributed by atoms with Gasteiger partial charge in [0.05, 0.1) is 16.5 Å². The molecule has 2 rings (SSSR count). The average molecular weight is 344 g/mol. The van der Waals surface area contributed by atoms with Crippen molar-refractivity contribution in [1.82, 2.24) is 4.31 Å². The summed E-state index contributed by atoms with van der Waals surface area (Å²) in [5.41, 5.74) is 6.86. The third kappa shape index (κ3) is 3.44. The van der Waals surface area contributed by atoms with Crippen LogP contribution in [-0.4, -0.2) is 31.9 Å². The summed E-state index contributed by atoms with van der Waals surface area (Å²) in [4.78, 5) is 0.272. The largest absolute Gasteiger partial charge is 0.329 e. The summed E-state index contributed by atoms with van der Waals surface area (Å²) in [7, 11) is -3.57. The van der Waals surface area contributed by atoms with E-state index in [2.05, 4.69) is 0 Å². The van der Waals surface area contributed by atoms with Crippen LogP contribution in [0.15, 0.2) is 23.1 Å². The van der Waals surface area contributed by atoms with Crippen molar-refractivity contribution in [2.75, 3.05) is 13.1 Å². The minimum atomic E-state index is -3.57. The maximum Gasteiger partial charge on any atom is 0.243 e. The highest BCUT2D eigenvalue weighted by Crippen LogP contribution is 2.30. The Bertz CT molecular complexity index is 670. The molecule has 122 valence electrons. The molecule has 1 saturated heterocycles. The van der Waals surface area contributed by atoms with Gasteiger partial charge in [0, 0.05) is 19.1 Å². The number of sulfonamides is 1. The molecule has 1 aliphatic rings. The maximum atomic E-state index is 12.9. The van der Waals surface area contributed by atoms with Gasteiger partial charge in [-0.25, -0.2) is 8.42 Å². The normalized spacial score (nSPS) is 22.6. The molecule has 2 unspecified atom stereocenters. The zero-order valence-corrected chi connectivity index (χ0v) is 14.5. The van der Waals surface area contributed by atoms with Crippen LogP contribution in [-0.2, 0) is 10.0 Å². The molecule has 22 heavy (non-hydrogen) atoms. The van der Waals surface area contributed by atoms with Crippen molar-refractivity contribution < 1.29 is 8.42 Å². The zero-order chi connectivity index (χ0) is 15.6. The Morgan fingerprint density at radius 3 is 2.68 bits per heavy atom. The van der Waals surface area contributed by atoms with E-state index in [9.17, 15) is 8.42 Å². The molecule has 1 aromatic rings. The molecule has 0 bridgehead atoms. The predicted molar refractivity (Wildman–Crippen MR) is 88.3 cm³/mol. The van der Waals surface area contributed by atoms with Gasteiger partial charge in [-0.1, -0.05) is 6.92 Å². The standard InChI is InChI=1S/C15H21N3O2S.ClH/c1-11-4-3-7-18(14(11)10-17)21(19,20)15-6-5-13(9-16)8-12(15)2;/h5-6,8,11,14H,3-4,7,10,17H2,1-2H3;1H. The van der Waals surface area contributed by atoms with Crippen LogP contribution in [0.5, 0.6) is 0 Å². The third-order valence-electron chi connectivity index (χ3n) is 4.20. The van der Waals surface area contributed by atoms with Crippen molar-refractivity contribution in [2.45, 2.75) is 37.6 Å². The van der Waals surface area contributed by atoms with Crippen molar-refractivity contribution >= 4 is 22.4 Å². The number of nitrogens with two attached hydrogens (primary N) is 1. The van der Waals surface area contributed by atoms with Gasteiger partial charge in [0.2, 0.25) is 10.0 Å². The second kappa shape index (κ2) is 7.42. The van der Waals surface area contributed by atoms with E-state index in [1.807, 2.05) is 13.0 Å². The first-order chi connectivity index (χ1) is 9.91. The molecule has 0 spiro atoms. The number of rotatable bonds is 3. The highest BCUT2D eigenvalue weighted by atomic mass is 35.5. The number of hydrogen-bond acceptors (Lipinski definition) is 4. The molecule has 1 fully saturated rings. The van der Waals surface area contributed by atoms with Gasteiger partial charge in [0.15, 0.2) is 0 Å². The lowest BCUT2D eigenvalue weighted by atomic mass is 9.93. The predicted octanol–water partition coefficient (Wildman–Crippen LogP) is 2.04. The Morgan fingerprint density at radius 2 is 2.14 bits per heavy atom. The van der Waals surface area contributed by atoms with E-state index in [-0.39, 0.29) is 29.3 Å². The van der Waals surface area contributed by atoms with Crippen molar-refractivity contribution in [1.29, 1.82) is 5.26 Å². The molecule has 2 N–H and O–H groups in total. The zero-order valence-electron chi connectivity index (χ0n) is 12.8. The molecule has 1 aliphatic heterocycles. The Morgan fingerprint density at radius 1 is 1.45 bits per heavy atom. The van der Waals surface area contributed by atoms with Gasteiger partial charge in [-0.2, -0.15) is 9.57 Å². The molecule has 0 amide bonds. The second-order valence-corrected chi connectivity index (χ2v) is 7.49. The SMILES string of the molecule is Cc1cc(C#N)ccc1S(=O)(=O)N1CCCC(C)C1CN.Cl. The number of nitrogens with zero attached hydrogens (tertiary/aromatic N) is 2. The molecule has 7 heteroatoms. The first-order valence-electron chi connectivity index (χ1n) is 7.14. The van der Waals surface area contributed by atoms with Crippen LogP contribution < -0.4 is 5.73 Å². The molecule has 0 aliphatic carbocycles. The Labute approximate surface area is 138 Å². The summed E-state index contributed by atoms with van der Waals surface area (Å²) in [6.07, 6.45) is 1.85. The van der Waals surface area contributed by atoms with Crippen LogP contribution >= 0.6 is 12.4 Å². The first kappa shape index (κ1) is 18.9. The molecular weight excluding hydrogens is 322 g/mol. The van der Waals surface area contributed by atoms with Crippen molar-refractivity contribution in [3.63, 3.8) is 0 Å². The molecule has 5 nitrogen and oxygen atoms in total. The van der Waals surface area contributed by atoms with E-state index in [1.54, 1.807) is 19.1 Å². The van der Waals surface area contributed by atoms with Crippen molar-refractivity contribution in [2.24, 2.45) is 11.7 Å². The smallest absolute Gasteiger partial charge is 0.243 e. The molecule has 0 radical (unpaired) electrons. The molecule has 0 aromatic heterocycles. The molecular formula is C15H22ClN3O2S. The van der Waals surface area contributed by atoms with E-state index < -0.39 is 10.0 Å².